The third kappa shape index (κ3) is 3.54. The molecular weight excluding hydrogens is 308 g/mol. The van der Waals surface area contributed by atoms with E-state index >= 15 is 0 Å². The smallest absolute Gasteiger partial charge is 0.0794 e. The standard InChI is InChI=1S/C18H24N4.ClH/c1-20-13-18(10-19-20)21(2)17-6-5-15-7-8-22(11-14-3-4-14)12-16(15)9-17;/h5-6,9-10,13-14H,3-4,7-8,11-12H2,1-2H3;1H. The molecule has 0 atom stereocenters. The van der Waals surface area contributed by atoms with E-state index in [0.717, 1.165) is 18.2 Å². The highest BCUT2D eigenvalue weighted by Gasteiger charge is 2.26. The van der Waals surface area contributed by atoms with E-state index in [1.165, 1.54) is 49.2 Å². The van der Waals surface area contributed by atoms with Gasteiger partial charge in [-0.05, 0) is 48.4 Å². The van der Waals surface area contributed by atoms with Gasteiger partial charge in [-0.25, -0.2) is 0 Å². The molecule has 1 fully saturated rings. The fourth-order valence-electron chi connectivity index (χ4n) is 3.36. The minimum absolute atomic E-state index is 0. The van der Waals surface area contributed by atoms with Crippen molar-refractivity contribution in [2.45, 2.75) is 25.8 Å². The fourth-order valence-corrected chi connectivity index (χ4v) is 3.36. The summed E-state index contributed by atoms with van der Waals surface area (Å²) in [6.45, 7) is 3.63. The summed E-state index contributed by atoms with van der Waals surface area (Å²) in [6, 6.07) is 6.91. The van der Waals surface area contributed by atoms with Gasteiger partial charge in [-0.3, -0.25) is 9.58 Å². The number of rotatable bonds is 4. The summed E-state index contributed by atoms with van der Waals surface area (Å²) >= 11 is 0. The lowest BCUT2D eigenvalue weighted by Gasteiger charge is -2.30. The Hall–Kier alpha value is -1.52. The summed E-state index contributed by atoms with van der Waals surface area (Å²) in [7, 11) is 4.07. The molecule has 2 aliphatic rings. The number of halogens is 1. The van der Waals surface area contributed by atoms with E-state index in [4.69, 9.17) is 0 Å². The Balaban J connectivity index is 0.00000156. The molecule has 124 valence electrons. The van der Waals surface area contributed by atoms with Crippen molar-refractivity contribution >= 4 is 23.8 Å². The molecule has 1 aromatic carbocycles. The summed E-state index contributed by atoms with van der Waals surface area (Å²) < 4.78 is 1.85. The minimum Gasteiger partial charge on any atom is -0.342 e. The summed E-state index contributed by atoms with van der Waals surface area (Å²) in [4.78, 5) is 4.85. The lowest BCUT2D eigenvalue weighted by molar-refractivity contribution is 0.244. The number of hydrogen-bond acceptors (Lipinski definition) is 3. The zero-order valence-corrected chi connectivity index (χ0v) is 14.7. The second kappa shape index (κ2) is 6.54. The van der Waals surface area contributed by atoms with Crippen molar-refractivity contribution in [2.24, 2.45) is 13.0 Å². The summed E-state index contributed by atoms with van der Waals surface area (Å²) in [5, 5.41) is 4.27. The molecule has 0 bridgehead atoms. The Kier molecular flexibility index (Phi) is 4.64. The molecule has 4 rings (SSSR count). The highest BCUT2D eigenvalue weighted by Crippen LogP contribution is 2.33. The number of aryl methyl sites for hydroxylation is 1. The molecule has 2 heterocycles. The van der Waals surface area contributed by atoms with Crippen LogP contribution in [0.15, 0.2) is 30.6 Å². The van der Waals surface area contributed by atoms with Crippen molar-refractivity contribution in [1.82, 2.24) is 14.7 Å². The maximum absolute atomic E-state index is 4.27. The van der Waals surface area contributed by atoms with Crippen molar-refractivity contribution < 1.29 is 0 Å². The topological polar surface area (TPSA) is 24.3 Å². The van der Waals surface area contributed by atoms with Gasteiger partial charge in [0.05, 0.1) is 11.9 Å². The zero-order valence-electron chi connectivity index (χ0n) is 13.9. The molecule has 1 aromatic heterocycles. The molecule has 0 amide bonds. The molecule has 2 aromatic rings. The molecule has 0 spiro atoms. The molecule has 1 aliphatic heterocycles. The van der Waals surface area contributed by atoms with Crippen LogP contribution in [0.5, 0.6) is 0 Å². The Morgan fingerprint density at radius 3 is 2.74 bits per heavy atom. The Morgan fingerprint density at radius 2 is 2.04 bits per heavy atom. The van der Waals surface area contributed by atoms with Gasteiger partial charge in [0, 0.05) is 45.6 Å². The SMILES string of the molecule is CN(c1ccc2c(c1)CN(CC1CC1)CC2)c1cnn(C)c1.Cl. The normalized spacial score (nSPS) is 17.5. The van der Waals surface area contributed by atoms with E-state index in [1.54, 1.807) is 0 Å². The van der Waals surface area contributed by atoms with Gasteiger partial charge in [-0.15, -0.1) is 12.4 Å². The largest absolute Gasteiger partial charge is 0.342 e. The van der Waals surface area contributed by atoms with Crippen LogP contribution in [-0.2, 0) is 20.0 Å². The van der Waals surface area contributed by atoms with Crippen LogP contribution in [0.4, 0.5) is 11.4 Å². The lowest BCUT2D eigenvalue weighted by atomic mass is 9.98. The van der Waals surface area contributed by atoms with Gasteiger partial charge in [0.15, 0.2) is 0 Å². The summed E-state index contributed by atoms with van der Waals surface area (Å²) in [6.07, 6.45) is 8.04. The van der Waals surface area contributed by atoms with E-state index in [0.29, 0.717) is 0 Å². The van der Waals surface area contributed by atoms with E-state index in [2.05, 4.69) is 46.3 Å². The molecule has 0 radical (unpaired) electrons. The third-order valence-electron chi connectivity index (χ3n) is 4.96. The van der Waals surface area contributed by atoms with E-state index < -0.39 is 0 Å². The second-order valence-corrected chi connectivity index (χ2v) is 6.81. The van der Waals surface area contributed by atoms with Crippen LogP contribution >= 0.6 is 12.4 Å². The van der Waals surface area contributed by atoms with Gasteiger partial charge >= 0.3 is 0 Å². The highest BCUT2D eigenvalue weighted by atomic mass is 35.5. The van der Waals surface area contributed by atoms with E-state index in [1.807, 2.05) is 17.9 Å². The maximum atomic E-state index is 4.27. The first-order chi connectivity index (χ1) is 10.7. The molecule has 23 heavy (non-hydrogen) atoms. The number of benzene rings is 1. The van der Waals surface area contributed by atoms with Gasteiger partial charge in [0.25, 0.3) is 0 Å². The van der Waals surface area contributed by atoms with E-state index in [9.17, 15) is 0 Å². The Morgan fingerprint density at radius 1 is 1.22 bits per heavy atom. The van der Waals surface area contributed by atoms with Crippen LogP contribution in [-0.4, -0.2) is 34.8 Å². The number of hydrogen-bond donors (Lipinski definition) is 0. The Labute approximate surface area is 144 Å². The highest BCUT2D eigenvalue weighted by molar-refractivity contribution is 5.85. The van der Waals surface area contributed by atoms with Gasteiger partial charge in [0.1, 0.15) is 0 Å². The molecule has 0 N–H and O–H groups in total. The first-order valence-electron chi connectivity index (χ1n) is 8.25. The summed E-state index contributed by atoms with van der Waals surface area (Å²) in [5.41, 5.74) is 5.41. The zero-order chi connectivity index (χ0) is 15.1. The van der Waals surface area contributed by atoms with Crippen LogP contribution in [0.25, 0.3) is 0 Å². The number of anilines is 2. The van der Waals surface area contributed by atoms with Gasteiger partial charge < -0.3 is 4.90 Å². The predicted octanol–water partition coefficient (Wildman–Crippen LogP) is 3.38. The average Bonchev–Trinajstić information content (AvgIpc) is 3.24. The maximum Gasteiger partial charge on any atom is 0.0794 e. The molecule has 1 saturated carbocycles. The monoisotopic (exact) mass is 332 g/mol. The number of aromatic nitrogens is 2. The van der Waals surface area contributed by atoms with Crippen molar-refractivity contribution in [1.29, 1.82) is 0 Å². The molecule has 4 nitrogen and oxygen atoms in total. The predicted molar refractivity (Wildman–Crippen MR) is 96.7 cm³/mol. The third-order valence-corrected chi connectivity index (χ3v) is 4.96. The minimum atomic E-state index is 0. The average molecular weight is 333 g/mol. The first kappa shape index (κ1) is 16.3. The van der Waals surface area contributed by atoms with Crippen molar-refractivity contribution in [3.05, 3.63) is 41.7 Å². The van der Waals surface area contributed by atoms with Gasteiger partial charge in [0.2, 0.25) is 0 Å². The van der Waals surface area contributed by atoms with Gasteiger partial charge in [-0.2, -0.15) is 5.10 Å². The molecule has 1 aliphatic carbocycles. The summed E-state index contributed by atoms with van der Waals surface area (Å²) in [5.74, 6) is 0.975. The van der Waals surface area contributed by atoms with Crippen LogP contribution in [0.3, 0.4) is 0 Å². The van der Waals surface area contributed by atoms with Crippen LogP contribution in [0.2, 0.25) is 0 Å². The molecular formula is C18H25ClN4. The quantitative estimate of drug-likeness (QED) is 0.858. The fraction of sp³-hybridized carbons (Fsp3) is 0.500. The number of fused-ring (bicyclic) bond motifs is 1. The van der Waals surface area contributed by atoms with Gasteiger partial charge in [-0.1, -0.05) is 6.07 Å². The van der Waals surface area contributed by atoms with Crippen LogP contribution in [0.1, 0.15) is 24.0 Å². The first-order valence-corrected chi connectivity index (χ1v) is 8.25. The van der Waals surface area contributed by atoms with Crippen LogP contribution in [0, 0.1) is 5.92 Å². The van der Waals surface area contributed by atoms with Crippen LogP contribution < -0.4 is 4.90 Å². The molecule has 0 unspecified atom stereocenters. The van der Waals surface area contributed by atoms with Crippen molar-refractivity contribution in [2.75, 3.05) is 25.0 Å². The Bertz CT molecular complexity index is 677. The number of nitrogens with zero attached hydrogens (tertiary/aromatic N) is 4. The lowest BCUT2D eigenvalue weighted by Crippen LogP contribution is -2.32. The molecule has 5 heteroatoms. The van der Waals surface area contributed by atoms with Crippen molar-refractivity contribution in [3.8, 4) is 0 Å². The van der Waals surface area contributed by atoms with Crippen molar-refractivity contribution in [3.63, 3.8) is 0 Å². The molecule has 0 saturated heterocycles. The second-order valence-electron chi connectivity index (χ2n) is 6.81. The van der Waals surface area contributed by atoms with E-state index in [-0.39, 0.29) is 12.4 Å².